The summed E-state index contributed by atoms with van der Waals surface area (Å²) in [6, 6.07) is 19.5. The highest BCUT2D eigenvalue weighted by Crippen LogP contribution is 2.14. The van der Waals surface area contributed by atoms with Gasteiger partial charge in [0.25, 0.3) is 0 Å². The number of guanidine groups is 1. The number of ether oxygens (including phenoxy) is 1. The standard InChI is InChI=1S/C25H36N4O/c1-21-10-12-24(13-11-21)30-19-7-6-16-27-25(26-2)28-23-14-17-29(18-15-23)20-22-8-4-3-5-9-22/h3-5,8-13,23H,6-7,14-20H2,1-2H3,(H2,26,27,28). The van der Waals surface area contributed by atoms with Crippen molar-refractivity contribution in [3.8, 4) is 5.75 Å². The van der Waals surface area contributed by atoms with Gasteiger partial charge in [0.1, 0.15) is 5.75 Å². The summed E-state index contributed by atoms with van der Waals surface area (Å²) < 4.78 is 5.79. The first kappa shape index (κ1) is 22.2. The Bertz CT molecular complexity index is 752. The third kappa shape index (κ3) is 7.71. The zero-order chi connectivity index (χ0) is 21.0. The number of aliphatic imine (C=N–C) groups is 1. The van der Waals surface area contributed by atoms with Gasteiger partial charge in [-0.15, -0.1) is 0 Å². The number of rotatable bonds is 9. The van der Waals surface area contributed by atoms with Gasteiger partial charge in [-0.1, -0.05) is 48.0 Å². The van der Waals surface area contributed by atoms with E-state index in [4.69, 9.17) is 4.74 Å². The van der Waals surface area contributed by atoms with Gasteiger partial charge < -0.3 is 15.4 Å². The van der Waals surface area contributed by atoms with Crippen LogP contribution in [0, 0.1) is 6.92 Å². The Kier molecular flexibility index (Phi) is 9.04. The first-order valence-corrected chi connectivity index (χ1v) is 11.2. The molecule has 0 radical (unpaired) electrons. The summed E-state index contributed by atoms with van der Waals surface area (Å²) in [7, 11) is 1.85. The molecule has 1 fully saturated rings. The normalized spacial score (nSPS) is 15.7. The molecule has 162 valence electrons. The second-order valence-corrected chi connectivity index (χ2v) is 8.05. The van der Waals surface area contributed by atoms with Crippen LogP contribution in [-0.2, 0) is 6.54 Å². The summed E-state index contributed by atoms with van der Waals surface area (Å²) in [6.07, 6.45) is 4.38. The van der Waals surface area contributed by atoms with Gasteiger partial charge in [-0.05, 0) is 50.3 Å². The summed E-state index contributed by atoms with van der Waals surface area (Å²) >= 11 is 0. The molecule has 2 aromatic carbocycles. The van der Waals surface area contributed by atoms with Crippen molar-refractivity contribution in [1.29, 1.82) is 0 Å². The number of unbranched alkanes of at least 4 members (excludes halogenated alkanes) is 1. The van der Waals surface area contributed by atoms with Crippen molar-refractivity contribution in [3.63, 3.8) is 0 Å². The topological polar surface area (TPSA) is 48.9 Å². The third-order valence-electron chi connectivity index (χ3n) is 5.55. The van der Waals surface area contributed by atoms with E-state index in [-0.39, 0.29) is 0 Å². The Morgan fingerprint density at radius 3 is 2.47 bits per heavy atom. The Hall–Kier alpha value is -2.53. The maximum atomic E-state index is 5.79. The van der Waals surface area contributed by atoms with Crippen molar-refractivity contribution in [3.05, 3.63) is 65.7 Å². The van der Waals surface area contributed by atoms with Crippen LogP contribution in [0.1, 0.15) is 36.8 Å². The van der Waals surface area contributed by atoms with Crippen LogP contribution in [0.3, 0.4) is 0 Å². The number of nitrogens with zero attached hydrogens (tertiary/aromatic N) is 2. The quantitative estimate of drug-likeness (QED) is 0.374. The van der Waals surface area contributed by atoms with Crippen LogP contribution in [0.25, 0.3) is 0 Å². The first-order chi connectivity index (χ1) is 14.7. The van der Waals surface area contributed by atoms with Crippen LogP contribution in [0.2, 0.25) is 0 Å². The highest BCUT2D eigenvalue weighted by atomic mass is 16.5. The Morgan fingerprint density at radius 2 is 1.77 bits per heavy atom. The van der Waals surface area contributed by atoms with Gasteiger partial charge in [0.05, 0.1) is 6.61 Å². The van der Waals surface area contributed by atoms with Gasteiger partial charge in [0, 0.05) is 39.3 Å². The Balaban J connectivity index is 1.26. The van der Waals surface area contributed by atoms with Crippen LogP contribution in [0.15, 0.2) is 59.6 Å². The fourth-order valence-electron chi connectivity index (χ4n) is 3.72. The summed E-state index contributed by atoms with van der Waals surface area (Å²) in [5.74, 6) is 1.86. The minimum atomic E-state index is 0.494. The average Bonchev–Trinajstić information content (AvgIpc) is 2.78. The lowest BCUT2D eigenvalue weighted by atomic mass is 10.0. The molecule has 0 unspecified atom stereocenters. The van der Waals surface area contributed by atoms with Gasteiger partial charge in [-0.2, -0.15) is 0 Å². The molecular formula is C25H36N4O. The van der Waals surface area contributed by atoms with E-state index in [0.29, 0.717) is 6.04 Å². The average molecular weight is 409 g/mol. The molecule has 1 aliphatic rings. The molecule has 0 spiro atoms. The fraction of sp³-hybridized carbons (Fsp3) is 0.480. The molecule has 0 bridgehead atoms. The van der Waals surface area contributed by atoms with Crippen LogP contribution >= 0.6 is 0 Å². The van der Waals surface area contributed by atoms with Gasteiger partial charge in [-0.25, -0.2) is 0 Å². The number of likely N-dealkylation sites (tertiary alicyclic amines) is 1. The number of piperidine rings is 1. The van der Waals surface area contributed by atoms with E-state index in [1.807, 2.05) is 19.2 Å². The van der Waals surface area contributed by atoms with Crippen LogP contribution in [0.4, 0.5) is 0 Å². The van der Waals surface area contributed by atoms with Crippen molar-refractivity contribution in [2.75, 3.05) is 33.3 Å². The monoisotopic (exact) mass is 408 g/mol. The number of benzene rings is 2. The smallest absolute Gasteiger partial charge is 0.191 e. The van der Waals surface area contributed by atoms with E-state index in [1.54, 1.807) is 0 Å². The minimum Gasteiger partial charge on any atom is -0.494 e. The highest BCUT2D eigenvalue weighted by molar-refractivity contribution is 5.79. The molecule has 1 heterocycles. The number of aryl methyl sites for hydroxylation is 1. The van der Waals surface area contributed by atoms with Crippen molar-refractivity contribution >= 4 is 5.96 Å². The van der Waals surface area contributed by atoms with Crippen LogP contribution < -0.4 is 15.4 Å². The van der Waals surface area contributed by atoms with Crippen LogP contribution in [-0.4, -0.2) is 50.2 Å². The zero-order valence-electron chi connectivity index (χ0n) is 18.4. The molecule has 5 heteroatoms. The summed E-state index contributed by atoms with van der Waals surface area (Å²) in [4.78, 5) is 6.93. The molecule has 0 amide bonds. The molecule has 0 aliphatic carbocycles. The molecule has 0 aromatic heterocycles. The van der Waals surface area contributed by atoms with E-state index >= 15 is 0 Å². The number of hydrogen-bond donors (Lipinski definition) is 2. The van der Waals surface area contributed by atoms with Gasteiger partial charge >= 0.3 is 0 Å². The lowest BCUT2D eigenvalue weighted by Gasteiger charge is -2.33. The lowest BCUT2D eigenvalue weighted by Crippen LogP contribution is -2.48. The molecule has 30 heavy (non-hydrogen) atoms. The second-order valence-electron chi connectivity index (χ2n) is 8.05. The van der Waals surface area contributed by atoms with E-state index < -0.39 is 0 Å². The molecule has 5 nitrogen and oxygen atoms in total. The summed E-state index contributed by atoms with van der Waals surface area (Å²) in [6.45, 7) is 7.04. The molecule has 1 saturated heterocycles. The first-order valence-electron chi connectivity index (χ1n) is 11.2. The highest BCUT2D eigenvalue weighted by Gasteiger charge is 2.19. The SMILES string of the molecule is CN=C(NCCCCOc1ccc(C)cc1)NC1CCN(Cc2ccccc2)CC1. The third-order valence-corrected chi connectivity index (χ3v) is 5.55. The van der Waals surface area contributed by atoms with Gasteiger partial charge in [-0.3, -0.25) is 9.89 Å². The molecule has 2 aromatic rings. The van der Waals surface area contributed by atoms with Gasteiger partial charge in [0.2, 0.25) is 0 Å². The van der Waals surface area contributed by atoms with Gasteiger partial charge in [0.15, 0.2) is 5.96 Å². The molecular weight excluding hydrogens is 372 g/mol. The lowest BCUT2D eigenvalue weighted by molar-refractivity contribution is 0.198. The summed E-state index contributed by atoms with van der Waals surface area (Å²) in [5, 5.41) is 7.04. The predicted molar refractivity (Wildman–Crippen MR) is 125 cm³/mol. The van der Waals surface area contributed by atoms with Crippen molar-refractivity contribution in [2.24, 2.45) is 4.99 Å². The predicted octanol–water partition coefficient (Wildman–Crippen LogP) is 3.98. The van der Waals surface area contributed by atoms with Crippen LogP contribution in [0.5, 0.6) is 5.75 Å². The van der Waals surface area contributed by atoms with E-state index in [0.717, 1.165) is 70.2 Å². The largest absolute Gasteiger partial charge is 0.494 e. The summed E-state index contributed by atoms with van der Waals surface area (Å²) in [5.41, 5.74) is 2.65. The zero-order valence-corrected chi connectivity index (χ0v) is 18.4. The van der Waals surface area contributed by atoms with E-state index in [9.17, 15) is 0 Å². The molecule has 0 saturated carbocycles. The fourth-order valence-corrected chi connectivity index (χ4v) is 3.72. The maximum Gasteiger partial charge on any atom is 0.191 e. The van der Waals surface area contributed by atoms with Crippen molar-refractivity contribution in [2.45, 2.75) is 45.2 Å². The second kappa shape index (κ2) is 12.2. The van der Waals surface area contributed by atoms with E-state index in [1.165, 1.54) is 11.1 Å². The van der Waals surface area contributed by atoms with E-state index in [2.05, 4.69) is 69.9 Å². The van der Waals surface area contributed by atoms with Crippen molar-refractivity contribution in [1.82, 2.24) is 15.5 Å². The Labute approximate surface area is 181 Å². The molecule has 1 aliphatic heterocycles. The number of nitrogens with one attached hydrogen (secondary N) is 2. The maximum absolute atomic E-state index is 5.79. The molecule has 2 N–H and O–H groups in total. The van der Waals surface area contributed by atoms with Crippen molar-refractivity contribution < 1.29 is 4.74 Å². The molecule has 3 rings (SSSR count). The minimum absolute atomic E-state index is 0.494. The Morgan fingerprint density at radius 1 is 1.03 bits per heavy atom. The number of hydrogen-bond acceptors (Lipinski definition) is 3. The molecule has 0 atom stereocenters.